The van der Waals surface area contributed by atoms with Crippen LogP contribution < -0.4 is 5.73 Å². The van der Waals surface area contributed by atoms with Gasteiger partial charge in [0.25, 0.3) is 5.89 Å². The zero-order valence-electron chi connectivity index (χ0n) is 6.53. The van der Waals surface area contributed by atoms with Gasteiger partial charge in [-0.05, 0) is 15.9 Å². The Hall–Kier alpha value is -1.14. The largest absolute Gasteiger partial charge is 0.457 e. The smallest absolute Gasteiger partial charge is 0.261 e. The molecule has 0 aliphatic heterocycles. The lowest BCUT2D eigenvalue weighted by atomic mass is 10.3. The van der Waals surface area contributed by atoms with Crippen molar-refractivity contribution in [2.24, 2.45) is 5.73 Å². The minimum Gasteiger partial charge on any atom is -0.457 e. The maximum atomic E-state index is 5.33. The predicted octanol–water partition coefficient (Wildman–Crippen LogP) is 1.55. The third kappa shape index (κ3) is 1.63. The number of hydrogen-bond donors (Lipinski definition) is 1. The molecule has 2 aromatic heterocycles. The number of rotatable bonds is 2. The summed E-state index contributed by atoms with van der Waals surface area (Å²) in [5.74, 6) is 0.891. The summed E-state index contributed by atoms with van der Waals surface area (Å²) in [6, 6.07) is 1.74. The van der Waals surface area contributed by atoms with Crippen LogP contribution in [0, 0.1) is 0 Å². The van der Waals surface area contributed by atoms with Crippen LogP contribution in [-0.2, 0) is 6.54 Å². The van der Waals surface area contributed by atoms with Crippen LogP contribution in [0.3, 0.4) is 0 Å². The molecule has 2 heterocycles. The van der Waals surface area contributed by atoms with Crippen LogP contribution in [-0.4, -0.2) is 10.1 Å². The molecule has 0 spiro atoms. The second-order valence-corrected chi connectivity index (χ2v) is 3.14. The van der Waals surface area contributed by atoms with Crippen LogP contribution in [0.15, 0.2) is 25.9 Å². The van der Waals surface area contributed by atoms with Crippen molar-refractivity contribution in [1.29, 1.82) is 0 Å². The fraction of sp³-hybridized carbons (Fsp3) is 0.143. The van der Waals surface area contributed by atoms with Gasteiger partial charge in [0.1, 0.15) is 6.26 Å². The van der Waals surface area contributed by atoms with E-state index in [0.717, 1.165) is 5.56 Å². The molecule has 68 valence electrons. The highest BCUT2D eigenvalue weighted by molar-refractivity contribution is 9.10. The molecule has 0 fully saturated rings. The molecule has 0 saturated heterocycles. The SMILES string of the molecule is NCc1noc(-c2coc(Br)c2)n1. The van der Waals surface area contributed by atoms with Crippen molar-refractivity contribution in [3.63, 3.8) is 0 Å². The Morgan fingerprint density at radius 1 is 1.54 bits per heavy atom. The number of nitrogens with zero attached hydrogens (tertiary/aromatic N) is 2. The first kappa shape index (κ1) is 8.46. The molecule has 0 unspecified atom stereocenters. The van der Waals surface area contributed by atoms with E-state index in [1.54, 1.807) is 6.07 Å². The Labute approximate surface area is 82.0 Å². The lowest BCUT2D eigenvalue weighted by Gasteiger charge is -1.81. The summed E-state index contributed by atoms with van der Waals surface area (Å²) in [7, 11) is 0. The highest BCUT2D eigenvalue weighted by atomic mass is 79.9. The molecule has 2 rings (SSSR count). The van der Waals surface area contributed by atoms with Crippen LogP contribution in [0.4, 0.5) is 0 Å². The van der Waals surface area contributed by atoms with E-state index in [1.807, 2.05) is 0 Å². The molecule has 0 atom stereocenters. The quantitative estimate of drug-likeness (QED) is 0.866. The summed E-state index contributed by atoms with van der Waals surface area (Å²) in [5, 5.41) is 3.65. The summed E-state index contributed by atoms with van der Waals surface area (Å²) in [4.78, 5) is 4.03. The first-order chi connectivity index (χ1) is 6.29. The van der Waals surface area contributed by atoms with E-state index in [1.165, 1.54) is 6.26 Å². The summed E-state index contributed by atoms with van der Waals surface area (Å²) in [6.07, 6.45) is 1.53. The third-order valence-corrected chi connectivity index (χ3v) is 1.88. The van der Waals surface area contributed by atoms with Gasteiger partial charge in [0.15, 0.2) is 10.5 Å². The predicted molar refractivity (Wildman–Crippen MR) is 47.6 cm³/mol. The molecular formula is C7H6BrN3O2. The van der Waals surface area contributed by atoms with Crippen molar-refractivity contribution in [3.8, 4) is 11.5 Å². The average molecular weight is 244 g/mol. The van der Waals surface area contributed by atoms with Gasteiger partial charge in [-0.3, -0.25) is 0 Å². The molecule has 0 aromatic carbocycles. The Morgan fingerprint density at radius 2 is 2.38 bits per heavy atom. The zero-order valence-corrected chi connectivity index (χ0v) is 8.11. The van der Waals surface area contributed by atoms with Crippen molar-refractivity contribution in [2.45, 2.75) is 6.54 Å². The van der Waals surface area contributed by atoms with Crippen LogP contribution in [0.2, 0.25) is 0 Å². The molecule has 5 nitrogen and oxygen atoms in total. The molecule has 0 aliphatic rings. The van der Waals surface area contributed by atoms with Gasteiger partial charge in [0.2, 0.25) is 0 Å². The maximum Gasteiger partial charge on any atom is 0.261 e. The number of nitrogens with two attached hydrogens (primary N) is 1. The van der Waals surface area contributed by atoms with Gasteiger partial charge < -0.3 is 14.7 Å². The topological polar surface area (TPSA) is 78.1 Å². The van der Waals surface area contributed by atoms with E-state index in [2.05, 4.69) is 26.1 Å². The van der Waals surface area contributed by atoms with Gasteiger partial charge in [-0.25, -0.2) is 0 Å². The normalized spacial score (nSPS) is 10.6. The highest BCUT2D eigenvalue weighted by Crippen LogP contribution is 2.23. The van der Waals surface area contributed by atoms with E-state index in [-0.39, 0.29) is 6.54 Å². The summed E-state index contributed by atoms with van der Waals surface area (Å²) >= 11 is 3.17. The first-order valence-electron chi connectivity index (χ1n) is 3.56. The second kappa shape index (κ2) is 3.31. The standard InChI is InChI=1S/C7H6BrN3O2/c8-5-1-4(3-12-5)7-10-6(2-9)11-13-7/h1,3H,2,9H2. The molecule has 0 aliphatic carbocycles. The summed E-state index contributed by atoms with van der Waals surface area (Å²) in [6.45, 7) is 0.266. The van der Waals surface area contributed by atoms with E-state index in [4.69, 9.17) is 14.7 Å². The van der Waals surface area contributed by atoms with Crippen LogP contribution in [0.25, 0.3) is 11.5 Å². The van der Waals surface area contributed by atoms with Gasteiger partial charge in [-0.15, -0.1) is 0 Å². The van der Waals surface area contributed by atoms with Crippen molar-refractivity contribution in [3.05, 3.63) is 22.8 Å². The van der Waals surface area contributed by atoms with Crippen LogP contribution in [0.1, 0.15) is 5.82 Å². The highest BCUT2D eigenvalue weighted by Gasteiger charge is 2.09. The molecule has 2 N–H and O–H groups in total. The molecule has 6 heteroatoms. The molecule has 0 bridgehead atoms. The third-order valence-electron chi connectivity index (χ3n) is 1.47. The van der Waals surface area contributed by atoms with Crippen molar-refractivity contribution < 1.29 is 8.94 Å². The molecule has 13 heavy (non-hydrogen) atoms. The van der Waals surface area contributed by atoms with Crippen molar-refractivity contribution in [1.82, 2.24) is 10.1 Å². The number of halogens is 1. The Balaban J connectivity index is 2.35. The number of furan rings is 1. The summed E-state index contributed by atoms with van der Waals surface area (Å²) in [5.41, 5.74) is 6.06. The van der Waals surface area contributed by atoms with Gasteiger partial charge >= 0.3 is 0 Å². The minimum absolute atomic E-state index is 0.266. The van der Waals surface area contributed by atoms with E-state index < -0.39 is 0 Å². The van der Waals surface area contributed by atoms with Crippen molar-refractivity contribution in [2.75, 3.05) is 0 Å². The summed E-state index contributed by atoms with van der Waals surface area (Å²) < 4.78 is 10.6. The average Bonchev–Trinajstić information content (AvgIpc) is 2.71. The Morgan fingerprint density at radius 3 is 2.92 bits per heavy atom. The van der Waals surface area contributed by atoms with E-state index >= 15 is 0 Å². The fourth-order valence-electron chi connectivity index (χ4n) is 0.876. The molecule has 0 saturated carbocycles. The zero-order chi connectivity index (χ0) is 9.26. The minimum atomic E-state index is 0.266. The molecule has 0 amide bonds. The fourth-order valence-corrected chi connectivity index (χ4v) is 1.22. The second-order valence-electron chi connectivity index (χ2n) is 2.36. The Bertz CT molecular complexity index is 409. The van der Waals surface area contributed by atoms with Crippen molar-refractivity contribution >= 4 is 15.9 Å². The number of aromatic nitrogens is 2. The van der Waals surface area contributed by atoms with E-state index in [9.17, 15) is 0 Å². The van der Waals surface area contributed by atoms with Gasteiger partial charge in [0.05, 0.1) is 12.1 Å². The Kier molecular flexibility index (Phi) is 2.15. The lowest BCUT2D eigenvalue weighted by Crippen LogP contribution is -1.97. The van der Waals surface area contributed by atoms with Gasteiger partial charge in [-0.1, -0.05) is 5.16 Å². The van der Waals surface area contributed by atoms with Crippen LogP contribution >= 0.6 is 15.9 Å². The number of hydrogen-bond acceptors (Lipinski definition) is 5. The molecule has 0 radical (unpaired) electrons. The van der Waals surface area contributed by atoms with Gasteiger partial charge in [0, 0.05) is 6.07 Å². The first-order valence-corrected chi connectivity index (χ1v) is 4.36. The van der Waals surface area contributed by atoms with Gasteiger partial charge in [-0.2, -0.15) is 4.98 Å². The van der Waals surface area contributed by atoms with Crippen LogP contribution in [0.5, 0.6) is 0 Å². The maximum absolute atomic E-state index is 5.33. The molecule has 2 aromatic rings. The van der Waals surface area contributed by atoms with E-state index in [0.29, 0.717) is 16.4 Å². The lowest BCUT2D eigenvalue weighted by molar-refractivity contribution is 0.422. The monoisotopic (exact) mass is 243 g/mol. The molecular weight excluding hydrogens is 238 g/mol.